The number of hydrogen-bond acceptors (Lipinski definition) is 3. The van der Waals surface area contributed by atoms with Gasteiger partial charge in [-0.25, -0.2) is 0 Å². The van der Waals surface area contributed by atoms with Gasteiger partial charge in [-0.2, -0.15) is 0 Å². The zero-order valence-electron chi connectivity index (χ0n) is 9.52. The van der Waals surface area contributed by atoms with Gasteiger partial charge in [-0.15, -0.1) is 0 Å². The van der Waals surface area contributed by atoms with E-state index in [1.807, 2.05) is 4.90 Å². The predicted molar refractivity (Wildman–Crippen MR) is 63.0 cm³/mol. The molecule has 0 unspecified atom stereocenters. The number of carbonyl (C=O) groups is 1. The number of hydrogen-bond donors (Lipinski definition) is 1. The Labute approximate surface area is 95.5 Å². The van der Waals surface area contributed by atoms with E-state index < -0.39 is 0 Å². The average Bonchev–Trinajstić information content (AvgIpc) is 2.30. The highest BCUT2D eigenvalue weighted by molar-refractivity contribution is 5.98. The first kappa shape index (κ1) is 10.9. The molecule has 2 heterocycles. The fourth-order valence-electron chi connectivity index (χ4n) is 1.97. The van der Waals surface area contributed by atoms with Crippen molar-refractivity contribution in [2.45, 2.75) is 19.8 Å². The molecule has 0 saturated carbocycles. The molecule has 0 radical (unpaired) electrons. The minimum atomic E-state index is 0.0116. The molecule has 16 heavy (non-hydrogen) atoms. The lowest BCUT2D eigenvalue weighted by atomic mass is 9.98. The maximum absolute atomic E-state index is 12.1. The molecule has 0 bridgehead atoms. The summed E-state index contributed by atoms with van der Waals surface area (Å²) in [5.41, 5.74) is 6.81. The van der Waals surface area contributed by atoms with Crippen LogP contribution in [0.15, 0.2) is 18.5 Å². The summed E-state index contributed by atoms with van der Waals surface area (Å²) >= 11 is 0. The van der Waals surface area contributed by atoms with Crippen molar-refractivity contribution in [1.29, 1.82) is 0 Å². The molecule has 4 nitrogen and oxygen atoms in total. The van der Waals surface area contributed by atoms with Crippen LogP contribution in [0, 0.1) is 5.92 Å². The lowest BCUT2D eigenvalue weighted by molar-refractivity contribution is 0.0698. The van der Waals surface area contributed by atoms with Crippen LogP contribution in [-0.4, -0.2) is 28.9 Å². The van der Waals surface area contributed by atoms with Crippen LogP contribution >= 0.6 is 0 Å². The quantitative estimate of drug-likeness (QED) is 0.779. The molecule has 2 N–H and O–H groups in total. The Morgan fingerprint density at radius 3 is 2.81 bits per heavy atom. The van der Waals surface area contributed by atoms with E-state index in [2.05, 4.69) is 11.9 Å². The zero-order chi connectivity index (χ0) is 11.5. The van der Waals surface area contributed by atoms with E-state index in [-0.39, 0.29) is 5.91 Å². The van der Waals surface area contributed by atoms with Gasteiger partial charge in [-0.3, -0.25) is 9.78 Å². The molecule has 0 atom stereocenters. The lowest BCUT2D eigenvalue weighted by Crippen LogP contribution is -2.38. The number of amides is 1. The Hall–Kier alpha value is -1.58. The van der Waals surface area contributed by atoms with Crippen LogP contribution in [0.25, 0.3) is 0 Å². The molecule has 1 aliphatic rings. The summed E-state index contributed by atoms with van der Waals surface area (Å²) in [5.74, 6) is 0.729. The smallest absolute Gasteiger partial charge is 0.257 e. The third-order valence-corrected chi connectivity index (χ3v) is 3.16. The number of pyridine rings is 1. The van der Waals surface area contributed by atoms with Crippen LogP contribution in [-0.2, 0) is 0 Å². The van der Waals surface area contributed by atoms with E-state index in [4.69, 9.17) is 5.73 Å². The molecular weight excluding hydrogens is 202 g/mol. The minimum absolute atomic E-state index is 0.0116. The molecule has 86 valence electrons. The highest BCUT2D eigenvalue weighted by atomic mass is 16.2. The molecule has 1 aromatic heterocycles. The van der Waals surface area contributed by atoms with Gasteiger partial charge < -0.3 is 10.6 Å². The van der Waals surface area contributed by atoms with E-state index in [1.54, 1.807) is 18.5 Å². The molecule has 0 aliphatic carbocycles. The van der Waals surface area contributed by atoms with Gasteiger partial charge in [0.05, 0.1) is 5.56 Å². The SMILES string of the molecule is CC1CCN(C(=O)c2cnccc2N)CC1. The van der Waals surface area contributed by atoms with Crippen LogP contribution in [0.4, 0.5) is 5.69 Å². The van der Waals surface area contributed by atoms with Gasteiger partial charge in [0.15, 0.2) is 0 Å². The number of anilines is 1. The van der Waals surface area contributed by atoms with Crippen LogP contribution in [0.2, 0.25) is 0 Å². The van der Waals surface area contributed by atoms with E-state index in [0.29, 0.717) is 11.3 Å². The Morgan fingerprint density at radius 1 is 1.50 bits per heavy atom. The van der Waals surface area contributed by atoms with Crippen molar-refractivity contribution in [3.8, 4) is 0 Å². The number of rotatable bonds is 1. The second kappa shape index (κ2) is 4.51. The summed E-state index contributed by atoms with van der Waals surface area (Å²) in [7, 11) is 0. The maximum atomic E-state index is 12.1. The van der Waals surface area contributed by atoms with Gasteiger partial charge in [-0.1, -0.05) is 6.92 Å². The summed E-state index contributed by atoms with van der Waals surface area (Å²) in [4.78, 5) is 18.0. The third-order valence-electron chi connectivity index (χ3n) is 3.16. The number of nitrogen functional groups attached to an aromatic ring is 1. The molecule has 2 rings (SSSR count). The monoisotopic (exact) mass is 219 g/mol. The first-order chi connectivity index (χ1) is 7.68. The van der Waals surface area contributed by atoms with Crippen molar-refractivity contribution in [3.63, 3.8) is 0 Å². The van der Waals surface area contributed by atoms with Gasteiger partial charge in [0, 0.05) is 31.2 Å². The van der Waals surface area contributed by atoms with E-state index >= 15 is 0 Å². The number of aromatic nitrogens is 1. The summed E-state index contributed by atoms with van der Waals surface area (Å²) in [6.45, 7) is 3.88. The molecule has 0 aromatic carbocycles. The van der Waals surface area contributed by atoms with Gasteiger partial charge >= 0.3 is 0 Å². The molecule has 1 amide bonds. The minimum Gasteiger partial charge on any atom is -0.398 e. The highest BCUT2D eigenvalue weighted by Gasteiger charge is 2.22. The topological polar surface area (TPSA) is 59.2 Å². The molecule has 1 aliphatic heterocycles. The first-order valence-corrected chi connectivity index (χ1v) is 5.67. The number of likely N-dealkylation sites (tertiary alicyclic amines) is 1. The van der Waals surface area contributed by atoms with Gasteiger partial charge in [0.2, 0.25) is 0 Å². The predicted octanol–water partition coefficient (Wildman–Crippen LogP) is 1.54. The summed E-state index contributed by atoms with van der Waals surface area (Å²) in [6.07, 6.45) is 5.30. The highest BCUT2D eigenvalue weighted by Crippen LogP contribution is 2.19. The summed E-state index contributed by atoms with van der Waals surface area (Å²) in [5, 5.41) is 0. The lowest BCUT2D eigenvalue weighted by Gasteiger charge is -2.30. The van der Waals surface area contributed by atoms with Crippen molar-refractivity contribution >= 4 is 11.6 Å². The van der Waals surface area contributed by atoms with Crippen molar-refractivity contribution in [1.82, 2.24) is 9.88 Å². The molecule has 1 aromatic rings. The van der Waals surface area contributed by atoms with Crippen LogP contribution in [0.5, 0.6) is 0 Å². The molecule has 1 saturated heterocycles. The fourth-order valence-corrected chi connectivity index (χ4v) is 1.97. The molecular formula is C12H17N3O. The van der Waals surface area contributed by atoms with E-state index in [1.165, 1.54) is 0 Å². The van der Waals surface area contributed by atoms with E-state index in [0.717, 1.165) is 31.8 Å². The van der Waals surface area contributed by atoms with E-state index in [9.17, 15) is 4.79 Å². The zero-order valence-corrected chi connectivity index (χ0v) is 9.52. The largest absolute Gasteiger partial charge is 0.398 e. The van der Waals surface area contributed by atoms with Crippen LogP contribution in [0.1, 0.15) is 30.1 Å². The fraction of sp³-hybridized carbons (Fsp3) is 0.500. The van der Waals surface area contributed by atoms with Crippen LogP contribution in [0.3, 0.4) is 0 Å². The second-order valence-corrected chi connectivity index (χ2v) is 4.44. The van der Waals surface area contributed by atoms with Crippen molar-refractivity contribution in [2.24, 2.45) is 5.92 Å². The molecule has 4 heteroatoms. The third kappa shape index (κ3) is 2.15. The van der Waals surface area contributed by atoms with Crippen molar-refractivity contribution in [2.75, 3.05) is 18.8 Å². The number of nitrogens with two attached hydrogens (primary N) is 1. The number of nitrogens with zero attached hydrogens (tertiary/aromatic N) is 2. The van der Waals surface area contributed by atoms with Crippen molar-refractivity contribution in [3.05, 3.63) is 24.0 Å². The van der Waals surface area contributed by atoms with Gasteiger partial charge in [0.25, 0.3) is 5.91 Å². The Balaban J connectivity index is 2.11. The molecule has 0 spiro atoms. The summed E-state index contributed by atoms with van der Waals surface area (Å²) < 4.78 is 0. The standard InChI is InChI=1S/C12H17N3O/c1-9-3-6-15(7-4-9)12(16)10-8-14-5-2-11(10)13/h2,5,8-9H,3-4,6-7H2,1H3,(H2,13,14). The van der Waals surface area contributed by atoms with Gasteiger partial charge in [0.1, 0.15) is 0 Å². The maximum Gasteiger partial charge on any atom is 0.257 e. The summed E-state index contributed by atoms with van der Waals surface area (Å²) in [6, 6.07) is 1.67. The second-order valence-electron chi connectivity index (χ2n) is 4.44. The number of carbonyl (C=O) groups excluding carboxylic acids is 1. The van der Waals surface area contributed by atoms with Crippen molar-refractivity contribution < 1.29 is 4.79 Å². The Kier molecular flexibility index (Phi) is 3.08. The Bertz CT molecular complexity index is 384. The molecule has 1 fully saturated rings. The first-order valence-electron chi connectivity index (χ1n) is 5.67. The Morgan fingerprint density at radius 2 is 2.19 bits per heavy atom. The average molecular weight is 219 g/mol. The van der Waals surface area contributed by atoms with Gasteiger partial charge in [-0.05, 0) is 24.8 Å². The van der Waals surface area contributed by atoms with Crippen LogP contribution < -0.4 is 5.73 Å². The normalized spacial score (nSPS) is 17.4. The number of piperidine rings is 1.